The van der Waals surface area contributed by atoms with Gasteiger partial charge in [-0.25, -0.2) is 0 Å². The van der Waals surface area contributed by atoms with E-state index >= 15 is 0 Å². The molecule has 0 unspecified atom stereocenters. The summed E-state index contributed by atoms with van der Waals surface area (Å²) in [5, 5.41) is 3.04. The van der Waals surface area contributed by atoms with Gasteiger partial charge in [0.05, 0.1) is 17.8 Å². The van der Waals surface area contributed by atoms with E-state index < -0.39 is 0 Å². The summed E-state index contributed by atoms with van der Waals surface area (Å²) >= 11 is 2.16. The summed E-state index contributed by atoms with van der Waals surface area (Å²) in [6.45, 7) is 4.96. The number of benzene rings is 1. The van der Waals surface area contributed by atoms with Gasteiger partial charge in [0.25, 0.3) is 5.91 Å². The van der Waals surface area contributed by atoms with Crippen molar-refractivity contribution in [1.29, 1.82) is 0 Å². The molecule has 1 N–H and O–H groups in total. The minimum Gasteiger partial charge on any atom is -0.496 e. The highest BCUT2D eigenvalue weighted by Crippen LogP contribution is 2.33. The first-order valence-corrected chi connectivity index (χ1v) is 8.63. The molecule has 0 radical (unpaired) electrons. The van der Waals surface area contributed by atoms with Crippen LogP contribution in [0.25, 0.3) is 0 Å². The molecular formula is C16H23IN2O3. The molecule has 1 aromatic rings. The summed E-state index contributed by atoms with van der Waals surface area (Å²) < 4.78 is 11.6. The van der Waals surface area contributed by atoms with Crippen LogP contribution >= 0.6 is 22.6 Å². The maximum atomic E-state index is 12.6. The monoisotopic (exact) mass is 418 g/mol. The van der Waals surface area contributed by atoms with Gasteiger partial charge < -0.3 is 14.8 Å². The Bertz CT molecular complexity index is 536. The molecule has 22 heavy (non-hydrogen) atoms. The minimum absolute atomic E-state index is 0.143. The predicted molar refractivity (Wildman–Crippen MR) is 94.9 cm³/mol. The van der Waals surface area contributed by atoms with Gasteiger partial charge in [0.1, 0.15) is 17.1 Å². The third-order valence-corrected chi connectivity index (χ3v) is 4.98. The molecule has 122 valence electrons. The van der Waals surface area contributed by atoms with Crippen molar-refractivity contribution in [3.63, 3.8) is 0 Å². The zero-order chi connectivity index (χ0) is 16.1. The lowest BCUT2D eigenvalue weighted by Gasteiger charge is -2.23. The van der Waals surface area contributed by atoms with Gasteiger partial charge in [-0.15, -0.1) is 0 Å². The van der Waals surface area contributed by atoms with E-state index in [0.717, 1.165) is 23.1 Å². The molecule has 1 aliphatic rings. The van der Waals surface area contributed by atoms with Gasteiger partial charge in [-0.05, 0) is 60.7 Å². The van der Waals surface area contributed by atoms with Crippen LogP contribution in [-0.4, -0.2) is 50.7 Å². The molecule has 1 fully saturated rings. The Labute approximate surface area is 145 Å². The van der Waals surface area contributed by atoms with E-state index in [0.29, 0.717) is 29.6 Å². The molecule has 6 heteroatoms. The zero-order valence-corrected chi connectivity index (χ0v) is 15.5. The van der Waals surface area contributed by atoms with Gasteiger partial charge in [-0.1, -0.05) is 6.92 Å². The van der Waals surface area contributed by atoms with Crippen molar-refractivity contribution in [3.05, 3.63) is 21.3 Å². The fourth-order valence-electron chi connectivity index (χ4n) is 2.97. The standard InChI is InChI=1S/C16H23IN2O3/c1-4-19-9-5-6-11(19)10-18-16(20)14-13(21-2)8-7-12(17)15(14)22-3/h7-8,11H,4-6,9-10H2,1-3H3,(H,18,20)/t11-/m0/s1. The minimum atomic E-state index is -0.143. The number of carbonyl (C=O) groups is 1. The average molecular weight is 418 g/mol. The number of hydrogen-bond acceptors (Lipinski definition) is 4. The first-order chi connectivity index (χ1) is 10.6. The molecule has 0 saturated carbocycles. The molecule has 0 aliphatic carbocycles. The van der Waals surface area contributed by atoms with E-state index in [1.807, 2.05) is 6.07 Å². The van der Waals surface area contributed by atoms with E-state index in [4.69, 9.17) is 9.47 Å². The van der Waals surface area contributed by atoms with Crippen molar-refractivity contribution in [2.24, 2.45) is 0 Å². The summed E-state index contributed by atoms with van der Waals surface area (Å²) in [4.78, 5) is 15.0. The molecule has 2 rings (SSSR count). The number of halogens is 1. The Morgan fingerprint density at radius 1 is 1.41 bits per heavy atom. The molecule has 0 aromatic heterocycles. The number of likely N-dealkylation sites (N-methyl/N-ethyl adjacent to an activating group) is 1. The summed E-state index contributed by atoms with van der Waals surface area (Å²) in [6.07, 6.45) is 2.33. The van der Waals surface area contributed by atoms with Gasteiger partial charge in [0.2, 0.25) is 0 Å². The van der Waals surface area contributed by atoms with Crippen molar-refractivity contribution in [2.75, 3.05) is 33.9 Å². The third-order valence-electron chi connectivity index (χ3n) is 4.13. The van der Waals surface area contributed by atoms with E-state index in [1.54, 1.807) is 20.3 Å². The van der Waals surface area contributed by atoms with E-state index in [2.05, 4.69) is 39.7 Å². The lowest BCUT2D eigenvalue weighted by Crippen LogP contribution is -2.40. The van der Waals surface area contributed by atoms with E-state index in [-0.39, 0.29) is 5.91 Å². The van der Waals surface area contributed by atoms with Crippen LogP contribution in [0, 0.1) is 3.57 Å². The molecule has 1 atom stereocenters. The van der Waals surface area contributed by atoms with Crippen LogP contribution in [0.3, 0.4) is 0 Å². The Balaban J connectivity index is 2.13. The van der Waals surface area contributed by atoms with Crippen LogP contribution < -0.4 is 14.8 Å². The topological polar surface area (TPSA) is 50.8 Å². The molecule has 0 bridgehead atoms. The molecule has 1 amide bonds. The van der Waals surface area contributed by atoms with Crippen LogP contribution in [0.2, 0.25) is 0 Å². The molecule has 1 aromatic carbocycles. The quantitative estimate of drug-likeness (QED) is 0.722. The third kappa shape index (κ3) is 3.65. The van der Waals surface area contributed by atoms with Gasteiger partial charge in [-0.3, -0.25) is 9.69 Å². The number of nitrogens with zero attached hydrogens (tertiary/aromatic N) is 1. The highest BCUT2D eigenvalue weighted by molar-refractivity contribution is 14.1. The molecule has 1 saturated heterocycles. The summed E-state index contributed by atoms with van der Waals surface area (Å²) in [5.41, 5.74) is 0.470. The predicted octanol–water partition coefficient (Wildman–Crippen LogP) is 2.52. The fourth-order valence-corrected chi connectivity index (χ4v) is 3.64. The van der Waals surface area contributed by atoms with Crippen molar-refractivity contribution < 1.29 is 14.3 Å². The Hall–Kier alpha value is -1.02. The Morgan fingerprint density at radius 3 is 2.82 bits per heavy atom. The van der Waals surface area contributed by atoms with Crippen molar-refractivity contribution in [2.45, 2.75) is 25.8 Å². The maximum absolute atomic E-state index is 12.6. The molecule has 5 nitrogen and oxygen atoms in total. The van der Waals surface area contributed by atoms with Crippen LogP contribution in [0.15, 0.2) is 12.1 Å². The van der Waals surface area contributed by atoms with Crippen molar-refractivity contribution in [1.82, 2.24) is 10.2 Å². The second-order valence-electron chi connectivity index (χ2n) is 5.29. The van der Waals surface area contributed by atoms with Crippen LogP contribution in [0.4, 0.5) is 0 Å². The molecule has 1 aliphatic heterocycles. The first-order valence-electron chi connectivity index (χ1n) is 7.55. The largest absolute Gasteiger partial charge is 0.496 e. The zero-order valence-electron chi connectivity index (χ0n) is 13.3. The second-order valence-corrected chi connectivity index (χ2v) is 6.45. The van der Waals surface area contributed by atoms with Crippen LogP contribution in [-0.2, 0) is 0 Å². The number of ether oxygens (including phenoxy) is 2. The number of nitrogens with one attached hydrogen (secondary N) is 1. The number of carbonyl (C=O) groups excluding carboxylic acids is 1. The van der Waals surface area contributed by atoms with Crippen molar-refractivity contribution >= 4 is 28.5 Å². The highest BCUT2D eigenvalue weighted by Gasteiger charge is 2.25. The summed E-state index contributed by atoms with van der Waals surface area (Å²) in [5.74, 6) is 0.958. The first kappa shape index (κ1) is 17.3. The number of amides is 1. The smallest absolute Gasteiger partial charge is 0.258 e. The number of likely N-dealkylation sites (tertiary alicyclic amines) is 1. The fraction of sp³-hybridized carbons (Fsp3) is 0.562. The highest BCUT2D eigenvalue weighted by atomic mass is 127. The SMILES string of the molecule is CCN1CCC[C@H]1CNC(=O)c1c(OC)ccc(I)c1OC. The van der Waals surface area contributed by atoms with Gasteiger partial charge in [0, 0.05) is 12.6 Å². The van der Waals surface area contributed by atoms with Gasteiger partial charge in [-0.2, -0.15) is 0 Å². The van der Waals surface area contributed by atoms with E-state index in [1.165, 1.54) is 6.42 Å². The van der Waals surface area contributed by atoms with Crippen molar-refractivity contribution in [3.8, 4) is 11.5 Å². The van der Waals surface area contributed by atoms with Crippen LogP contribution in [0.1, 0.15) is 30.1 Å². The van der Waals surface area contributed by atoms with Gasteiger partial charge in [0.15, 0.2) is 0 Å². The lowest BCUT2D eigenvalue weighted by molar-refractivity contribution is 0.0935. The Morgan fingerprint density at radius 2 is 2.18 bits per heavy atom. The number of rotatable bonds is 6. The second kappa shape index (κ2) is 8.01. The summed E-state index contributed by atoms with van der Waals surface area (Å²) in [7, 11) is 3.14. The van der Waals surface area contributed by atoms with E-state index in [9.17, 15) is 4.79 Å². The number of methoxy groups -OCH3 is 2. The molecule has 0 spiro atoms. The number of hydrogen-bond donors (Lipinski definition) is 1. The molecule has 1 heterocycles. The average Bonchev–Trinajstić information content (AvgIpc) is 2.99. The normalized spacial score (nSPS) is 18.3. The maximum Gasteiger partial charge on any atom is 0.258 e. The lowest BCUT2D eigenvalue weighted by atomic mass is 10.1. The van der Waals surface area contributed by atoms with Crippen LogP contribution in [0.5, 0.6) is 11.5 Å². The summed E-state index contributed by atoms with van der Waals surface area (Å²) in [6, 6.07) is 4.10. The Kier molecular flexibility index (Phi) is 6.31. The molecular weight excluding hydrogens is 395 g/mol. The van der Waals surface area contributed by atoms with Gasteiger partial charge >= 0.3 is 0 Å².